The van der Waals surface area contributed by atoms with Gasteiger partial charge >= 0.3 is 0 Å². The van der Waals surface area contributed by atoms with E-state index in [1.165, 1.54) is 0 Å². The first-order valence-electron chi connectivity index (χ1n) is 5.48. The largest absolute Gasteiger partial charge is 0.394 e. The van der Waals surface area contributed by atoms with Crippen LogP contribution in [0.25, 0.3) is 0 Å². The van der Waals surface area contributed by atoms with E-state index < -0.39 is 24.6 Å². The average Bonchev–Trinajstić information content (AvgIpc) is 2.27. The van der Waals surface area contributed by atoms with Crippen LogP contribution in [0.1, 0.15) is 13.8 Å². The summed E-state index contributed by atoms with van der Waals surface area (Å²) in [7, 11) is 0. The molecule has 0 saturated carbocycles. The van der Waals surface area contributed by atoms with Gasteiger partial charge in [0.05, 0.1) is 13.2 Å². The van der Waals surface area contributed by atoms with Gasteiger partial charge in [-0.15, -0.1) is 0 Å². The highest BCUT2D eigenvalue weighted by molar-refractivity contribution is 4.89. The molecule has 2 aliphatic rings. The molecule has 2 heterocycles. The van der Waals surface area contributed by atoms with Crippen molar-refractivity contribution in [2.75, 3.05) is 13.2 Å². The molecule has 2 rings (SSSR count). The zero-order valence-corrected chi connectivity index (χ0v) is 9.41. The summed E-state index contributed by atoms with van der Waals surface area (Å²) >= 11 is 0. The van der Waals surface area contributed by atoms with Crippen molar-refractivity contribution in [3.63, 3.8) is 0 Å². The third-order valence-corrected chi connectivity index (χ3v) is 2.82. The molecule has 0 aliphatic carbocycles. The van der Waals surface area contributed by atoms with Gasteiger partial charge in [-0.3, -0.25) is 0 Å². The molecule has 2 fully saturated rings. The lowest BCUT2D eigenvalue weighted by Gasteiger charge is -2.45. The van der Waals surface area contributed by atoms with E-state index in [4.69, 9.17) is 24.1 Å². The van der Waals surface area contributed by atoms with Gasteiger partial charge in [0.1, 0.15) is 24.4 Å². The normalized spacial score (nSPS) is 46.1. The quantitative estimate of drug-likeness (QED) is 0.653. The van der Waals surface area contributed by atoms with Gasteiger partial charge in [-0.05, 0) is 13.8 Å². The van der Waals surface area contributed by atoms with E-state index in [0.29, 0.717) is 6.61 Å². The van der Waals surface area contributed by atoms with Crippen LogP contribution < -0.4 is 0 Å². The highest BCUT2D eigenvalue weighted by Crippen LogP contribution is 2.28. The summed E-state index contributed by atoms with van der Waals surface area (Å²) in [6.45, 7) is 3.56. The SMILES string of the molecule is C[C@@H]1OC[C@@H]2O[C@@H](C)O[C@@H]([C@H](O)CO)[C@@H]2O1. The van der Waals surface area contributed by atoms with Crippen molar-refractivity contribution < 1.29 is 29.2 Å². The van der Waals surface area contributed by atoms with Crippen LogP contribution in [0.4, 0.5) is 0 Å². The Bertz CT molecular complexity index is 233. The van der Waals surface area contributed by atoms with Gasteiger partial charge in [-0.2, -0.15) is 0 Å². The van der Waals surface area contributed by atoms with E-state index in [-0.39, 0.29) is 19.0 Å². The summed E-state index contributed by atoms with van der Waals surface area (Å²) in [6, 6.07) is 0. The molecule has 16 heavy (non-hydrogen) atoms. The lowest BCUT2D eigenvalue weighted by atomic mass is 10.0. The Kier molecular flexibility index (Phi) is 3.78. The molecule has 6 atom stereocenters. The topological polar surface area (TPSA) is 77.4 Å². The fraction of sp³-hybridized carbons (Fsp3) is 1.00. The van der Waals surface area contributed by atoms with Crippen molar-refractivity contribution in [2.24, 2.45) is 0 Å². The van der Waals surface area contributed by atoms with Crippen molar-refractivity contribution in [2.45, 2.75) is 50.8 Å². The van der Waals surface area contributed by atoms with Crippen LogP contribution in [0.5, 0.6) is 0 Å². The van der Waals surface area contributed by atoms with Crippen molar-refractivity contribution in [3.8, 4) is 0 Å². The van der Waals surface area contributed by atoms with Gasteiger partial charge in [0.25, 0.3) is 0 Å². The summed E-state index contributed by atoms with van der Waals surface area (Å²) in [5.74, 6) is 0. The van der Waals surface area contributed by atoms with E-state index in [0.717, 1.165) is 0 Å². The molecule has 0 aromatic heterocycles. The summed E-state index contributed by atoms with van der Waals surface area (Å²) in [4.78, 5) is 0. The van der Waals surface area contributed by atoms with Crippen molar-refractivity contribution in [1.29, 1.82) is 0 Å². The molecule has 6 heteroatoms. The van der Waals surface area contributed by atoms with E-state index in [1.807, 2.05) is 0 Å². The van der Waals surface area contributed by atoms with Crippen molar-refractivity contribution >= 4 is 0 Å². The lowest BCUT2D eigenvalue weighted by molar-refractivity contribution is -0.361. The molecular formula is C10H18O6. The molecule has 0 aromatic rings. The summed E-state index contributed by atoms with van der Waals surface area (Å²) < 4.78 is 21.8. The molecule has 2 aliphatic heterocycles. The van der Waals surface area contributed by atoms with Crippen LogP contribution in [-0.4, -0.2) is 60.4 Å². The number of ether oxygens (including phenoxy) is 4. The third-order valence-electron chi connectivity index (χ3n) is 2.82. The van der Waals surface area contributed by atoms with Gasteiger partial charge in [0.2, 0.25) is 0 Å². The Morgan fingerprint density at radius 1 is 1.19 bits per heavy atom. The summed E-state index contributed by atoms with van der Waals surface area (Å²) in [6.07, 6.45) is -2.99. The Labute approximate surface area is 94.1 Å². The molecule has 94 valence electrons. The fourth-order valence-corrected chi connectivity index (χ4v) is 2.07. The molecule has 2 N–H and O–H groups in total. The smallest absolute Gasteiger partial charge is 0.156 e. The minimum atomic E-state index is -0.968. The van der Waals surface area contributed by atoms with Crippen LogP contribution in [0.15, 0.2) is 0 Å². The Hall–Kier alpha value is -0.240. The average molecular weight is 234 g/mol. The summed E-state index contributed by atoms with van der Waals surface area (Å²) in [5, 5.41) is 18.6. The zero-order valence-electron chi connectivity index (χ0n) is 9.41. The highest BCUT2D eigenvalue weighted by Gasteiger charge is 2.45. The number of rotatable bonds is 2. The lowest BCUT2D eigenvalue weighted by Crippen LogP contribution is -2.60. The zero-order chi connectivity index (χ0) is 11.7. The van der Waals surface area contributed by atoms with Gasteiger partial charge in [-0.25, -0.2) is 0 Å². The van der Waals surface area contributed by atoms with Gasteiger partial charge in [0.15, 0.2) is 12.6 Å². The van der Waals surface area contributed by atoms with Crippen LogP contribution in [0, 0.1) is 0 Å². The van der Waals surface area contributed by atoms with E-state index in [9.17, 15) is 5.11 Å². The van der Waals surface area contributed by atoms with Crippen LogP contribution in [0.3, 0.4) is 0 Å². The second kappa shape index (κ2) is 4.95. The van der Waals surface area contributed by atoms with Crippen LogP contribution in [-0.2, 0) is 18.9 Å². The van der Waals surface area contributed by atoms with Gasteiger partial charge < -0.3 is 29.2 Å². The molecule has 0 amide bonds. The predicted molar refractivity (Wildman–Crippen MR) is 52.6 cm³/mol. The van der Waals surface area contributed by atoms with Gasteiger partial charge in [0, 0.05) is 0 Å². The number of hydrogen-bond acceptors (Lipinski definition) is 6. The minimum Gasteiger partial charge on any atom is -0.394 e. The molecule has 0 aromatic carbocycles. The molecule has 0 unspecified atom stereocenters. The number of aliphatic hydroxyl groups excluding tert-OH is 2. The minimum absolute atomic E-state index is 0.258. The van der Waals surface area contributed by atoms with Gasteiger partial charge in [-0.1, -0.05) is 0 Å². The number of fused-ring (bicyclic) bond motifs is 1. The maximum atomic E-state index is 9.67. The third kappa shape index (κ3) is 2.37. The molecular weight excluding hydrogens is 216 g/mol. The summed E-state index contributed by atoms with van der Waals surface area (Å²) in [5.41, 5.74) is 0. The second-order valence-electron chi connectivity index (χ2n) is 4.09. The van der Waals surface area contributed by atoms with E-state index in [2.05, 4.69) is 0 Å². The fourth-order valence-electron chi connectivity index (χ4n) is 2.07. The molecule has 6 nitrogen and oxygen atoms in total. The standard InChI is InChI=1S/C10H18O6/c1-5-13-4-8-10(15-5)9(7(12)3-11)16-6(2)14-8/h5-12H,3-4H2,1-2H3/t5-,6-,7-,8+,9+,10-/m1/s1. The first-order valence-corrected chi connectivity index (χ1v) is 5.48. The number of aliphatic hydroxyl groups is 2. The highest BCUT2D eigenvalue weighted by atomic mass is 16.8. The predicted octanol–water partition coefficient (Wildman–Crippen LogP) is -0.769. The Morgan fingerprint density at radius 2 is 1.94 bits per heavy atom. The molecule has 0 radical (unpaired) electrons. The monoisotopic (exact) mass is 234 g/mol. The van der Waals surface area contributed by atoms with Crippen LogP contribution >= 0.6 is 0 Å². The van der Waals surface area contributed by atoms with Crippen molar-refractivity contribution in [1.82, 2.24) is 0 Å². The van der Waals surface area contributed by atoms with E-state index >= 15 is 0 Å². The maximum Gasteiger partial charge on any atom is 0.156 e. The first kappa shape index (κ1) is 12.2. The Balaban J connectivity index is 2.08. The first-order chi connectivity index (χ1) is 7.61. The maximum absolute atomic E-state index is 9.67. The Morgan fingerprint density at radius 3 is 2.62 bits per heavy atom. The molecule has 0 bridgehead atoms. The number of hydrogen-bond donors (Lipinski definition) is 2. The van der Waals surface area contributed by atoms with Crippen LogP contribution in [0.2, 0.25) is 0 Å². The van der Waals surface area contributed by atoms with E-state index in [1.54, 1.807) is 13.8 Å². The second-order valence-corrected chi connectivity index (χ2v) is 4.09. The van der Waals surface area contributed by atoms with Crippen molar-refractivity contribution in [3.05, 3.63) is 0 Å². The molecule has 2 saturated heterocycles. The molecule has 0 spiro atoms.